The molecule has 1 amide bonds. The molecule has 0 spiro atoms. The number of amides is 1. The number of piperazine rings is 1. The van der Waals surface area contributed by atoms with Crippen molar-refractivity contribution in [2.75, 3.05) is 26.2 Å². The molecule has 0 atom stereocenters. The Kier molecular flexibility index (Phi) is 5.03. The van der Waals surface area contributed by atoms with Crippen LogP contribution in [0.3, 0.4) is 0 Å². The van der Waals surface area contributed by atoms with E-state index < -0.39 is 0 Å². The van der Waals surface area contributed by atoms with E-state index in [-0.39, 0.29) is 5.91 Å². The molecule has 7 nitrogen and oxygen atoms in total. The normalized spacial score (nSPS) is 15.3. The molecule has 2 aromatic heterocycles. The molecule has 0 unspecified atom stereocenters. The number of para-hydroxylation sites is 1. The number of hydrogen-bond acceptors (Lipinski definition) is 6. The predicted octanol–water partition coefficient (Wildman–Crippen LogP) is 1.61. The number of hydrogen-bond donors (Lipinski definition) is 0. The molecule has 1 saturated heterocycles. The first kappa shape index (κ1) is 16.9. The Hall–Kier alpha value is -2.58. The first-order valence-electron chi connectivity index (χ1n) is 8.65. The maximum absolute atomic E-state index is 12.4. The summed E-state index contributed by atoms with van der Waals surface area (Å²) in [6.45, 7) is 3.83. The van der Waals surface area contributed by atoms with E-state index in [9.17, 15) is 4.79 Å². The minimum absolute atomic E-state index is 0.209. The Balaban J connectivity index is 1.33. The summed E-state index contributed by atoms with van der Waals surface area (Å²) in [6, 6.07) is 13.9. The van der Waals surface area contributed by atoms with Crippen molar-refractivity contribution in [2.24, 2.45) is 0 Å². The van der Waals surface area contributed by atoms with Gasteiger partial charge >= 0.3 is 0 Å². The molecule has 4 rings (SSSR count). The van der Waals surface area contributed by atoms with Crippen molar-refractivity contribution in [2.45, 2.75) is 13.0 Å². The zero-order chi connectivity index (χ0) is 17.8. The van der Waals surface area contributed by atoms with Gasteiger partial charge in [-0.15, -0.1) is 16.4 Å². The van der Waals surface area contributed by atoms with Crippen LogP contribution in [0, 0.1) is 0 Å². The van der Waals surface area contributed by atoms with Crippen molar-refractivity contribution in [1.29, 1.82) is 0 Å². The van der Waals surface area contributed by atoms with E-state index in [1.165, 1.54) is 0 Å². The van der Waals surface area contributed by atoms with Crippen LogP contribution in [0.4, 0.5) is 0 Å². The quantitative estimate of drug-likeness (QED) is 0.684. The molecule has 8 heteroatoms. The highest BCUT2D eigenvalue weighted by molar-refractivity contribution is 7.10. The van der Waals surface area contributed by atoms with Crippen LogP contribution in [0.15, 0.2) is 47.8 Å². The van der Waals surface area contributed by atoms with E-state index >= 15 is 0 Å². The number of benzene rings is 1. The molecule has 0 radical (unpaired) electrons. The number of rotatable bonds is 5. The first-order chi connectivity index (χ1) is 12.8. The van der Waals surface area contributed by atoms with Gasteiger partial charge in [0, 0.05) is 31.1 Å². The van der Waals surface area contributed by atoms with Crippen molar-refractivity contribution < 1.29 is 4.79 Å². The van der Waals surface area contributed by atoms with Crippen LogP contribution in [0.1, 0.15) is 10.7 Å². The fourth-order valence-electron chi connectivity index (χ4n) is 3.10. The van der Waals surface area contributed by atoms with Crippen molar-refractivity contribution in [1.82, 2.24) is 30.0 Å². The molecule has 3 heterocycles. The molecule has 1 aliphatic heterocycles. The summed E-state index contributed by atoms with van der Waals surface area (Å²) < 4.78 is 1.77. The van der Waals surface area contributed by atoms with E-state index in [4.69, 9.17) is 0 Å². The van der Waals surface area contributed by atoms with Crippen LogP contribution >= 0.6 is 11.3 Å². The van der Waals surface area contributed by atoms with Gasteiger partial charge < -0.3 is 4.90 Å². The van der Waals surface area contributed by atoms with Gasteiger partial charge in [-0.3, -0.25) is 9.69 Å². The number of thiophene rings is 1. The summed E-state index contributed by atoms with van der Waals surface area (Å²) >= 11 is 1.64. The van der Waals surface area contributed by atoms with Gasteiger partial charge in [0.2, 0.25) is 5.91 Å². The average Bonchev–Trinajstić information content (AvgIpc) is 3.35. The second-order valence-electron chi connectivity index (χ2n) is 6.26. The van der Waals surface area contributed by atoms with Gasteiger partial charge in [0.25, 0.3) is 0 Å². The van der Waals surface area contributed by atoms with Gasteiger partial charge in [-0.05, 0) is 34.0 Å². The maximum atomic E-state index is 12.4. The number of aromatic nitrogens is 4. The molecular formula is C18H20N6OS. The highest BCUT2D eigenvalue weighted by Crippen LogP contribution is 2.14. The highest BCUT2D eigenvalue weighted by Gasteiger charge is 2.23. The lowest BCUT2D eigenvalue weighted by molar-refractivity contribution is -0.132. The monoisotopic (exact) mass is 368 g/mol. The van der Waals surface area contributed by atoms with Crippen LogP contribution < -0.4 is 0 Å². The molecule has 26 heavy (non-hydrogen) atoms. The Bertz CT molecular complexity index is 840. The highest BCUT2D eigenvalue weighted by atomic mass is 32.1. The molecule has 1 aromatic carbocycles. The van der Waals surface area contributed by atoms with Crippen molar-refractivity contribution in [3.05, 3.63) is 58.5 Å². The molecule has 1 aliphatic rings. The fraction of sp³-hybridized carbons (Fsp3) is 0.333. The number of carbonyl (C=O) groups is 1. The van der Waals surface area contributed by atoms with E-state index in [1.807, 2.05) is 52.7 Å². The average molecular weight is 368 g/mol. The van der Waals surface area contributed by atoms with Crippen LogP contribution in [0.5, 0.6) is 0 Å². The zero-order valence-corrected chi connectivity index (χ0v) is 15.2. The Morgan fingerprint density at radius 2 is 1.85 bits per heavy atom. The summed E-state index contributed by atoms with van der Waals surface area (Å²) in [4.78, 5) is 17.8. The smallest absolute Gasteiger partial charge is 0.227 e. The largest absolute Gasteiger partial charge is 0.340 e. The van der Waals surface area contributed by atoms with Gasteiger partial charge in [-0.1, -0.05) is 24.3 Å². The summed E-state index contributed by atoms with van der Waals surface area (Å²) in [5.41, 5.74) is 0.956. The van der Waals surface area contributed by atoms with Crippen molar-refractivity contribution in [3.8, 4) is 5.69 Å². The number of tetrazole rings is 1. The molecule has 0 aliphatic carbocycles. The number of nitrogens with zero attached hydrogens (tertiary/aromatic N) is 6. The lowest BCUT2D eigenvalue weighted by Gasteiger charge is -2.34. The Morgan fingerprint density at radius 1 is 1.04 bits per heavy atom. The maximum Gasteiger partial charge on any atom is 0.227 e. The third-order valence-electron chi connectivity index (χ3n) is 4.53. The van der Waals surface area contributed by atoms with Crippen molar-refractivity contribution in [3.63, 3.8) is 0 Å². The molecule has 0 N–H and O–H groups in total. The van der Waals surface area contributed by atoms with Gasteiger partial charge in [-0.2, -0.15) is 4.68 Å². The minimum Gasteiger partial charge on any atom is -0.340 e. The van der Waals surface area contributed by atoms with E-state index in [1.54, 1.807) is 16.0 Å². The molecule has 134 valence electrons. The van der Waals surface area contributed by atoms with Crippen LogP contribution in [0.2, 0.25) is 0 Å². The standard InChI is InChI=1S/C18H20N6OS/c25-18(13-16-7-4-12-26-16)23-10-8-22(9-11-23)14-17-19-20-21-24(17)15-5-2-1-3-6-15/h1-7,12H,8-11,13-14H2. The summed E-state index contributed by atoms with van der Waals surface area (Å²) in [5.74, 6) is 1.02. The van der Waals surface area contributed by atoms with Crippen LogP contribution in [-0.4, -0.2) is 62.1 Å². The summed E-state index contributed by atoms with van der Waals surface area (Å²) in [7, 11) is 0. The summed E-state index contributed by atoms with van der Waals surface area (Å²) in [6.07, 6.45) is 0.504. The lowest BCUT2D eigenvalue weighted by atomic mass is 10.2. The van der Waals surface area contributed by atoms with Gasteiger partial charge in [-0.25, -0.2) is 0 Å². The minimum atomic E-state index is 0.209. The van der Waals surface area contributed by atoms with E-state index in [0.717, 1.165) is 42.6 Å². The Morgan fingerprint density at radius 3 is 2.58 bits per heavy atom. The second kappa shape index (κ2) is 7.76. The van der Waals surface area contributed by atoms with Gasteiger partial charge in [0.1, 0.15) is 0 Å². The van der Waals surface area contributed by atoms with Crippen molar-refractivity contribution >= 4 is 17.2 Å². The zero-order valence-electron chi connectivity index (χ0n) is 14.4. The molecule has 0 saturated carbocycles. The SMILES string of the molecule is O=C(Cc1cccs1)N1CCN(Cc2nnnn2-c2ccccc2)CC1. The third kappa shape index (κ3) is 3.81. The molecular weight excluding hydrogens is 348 g/mol. The molecule has 0 bridgehead atoms. The van der Waals surface area contributed by atoms with Gasteiger partial charge in [0.05, 0.1) is 18.7 Å². The first-order valence-corrected chi connectivity index (χ1v) is 9.53. The topological polar surface area (TPSA) is 67.2 Å². The molecule has 1 fully saturated rings. The third-order valence-corrected chi connectivity index (χ3v) is 5.41. The predicted molar refractivity (Wildman–Crippen MR) is 99.0 cm³/mol. The lowest BCUT2D eigenvalue weighted by Crippen LogP contribution is -2.48. The second-order valence-corrected chi connectivity index (χ2v) is 7.29. The summed E-state index contributed by atoms with van der Waals surface area (Å²) in [5, 5.41) is 14.1. The fourth-order valence-corrected chi connectivity index (χ4v) is 3.80. The van der Waals surface area contributed by atoms with Crippen LogP contribution in [-0.2, 0) is 17.8 Å². The van der Waals surface area contributed by atoms with Crippen LogP contribution in [0.25, 0.3) is 5.69 Å². The Labute approximate surface area is 155 Å². The molecule has 3 aromatic rings. The number of carbonyl (C=O) groups excluding carboxylic acids is 1. The van der Waals surface area contributed by atoms with E-state index in [0.29, 0.717) is 13.0 Å². The van der Waals surface area contributed by atoms with Gasteiger partial charge in [0.15, 0.2) is 5.82 Å². The van der Waals surface area contributed by atoms with E-state index in [2.05, 4.69) is 20.4 Å².